The molecule has 4 nitrogen and oxygen atoms in total. The van der Waals surface area contributed by atoms with Crippen LogP contribution in [0.25, 0.3) is 0 Å². The van der Waals surface area contributed by atoms with Gasteiger partial charge in [0.2, 0.25) is 0 Å². The van der Waals surface area contributed by atoms with Gasteiger partial charge in [-0.25, -0.2) is 0 Å². The fourth-order valence-electron chi connectivity index (χ4n) is 2.22. The molecule has 0 atom stereocenters. The number of phenols is 1. The van der Waals surface area contributed by atoms with Gasteiger partial charge in [0.25, 0.3) is 5.91 Å². The third-order valence-corrected chi connectivity index (χ3v) is 3.33. The van der Waals surface area contributed by atoms with Gasteiger partial charge in [-0.15, -0.1) is 0 Å². The zero-order chi connectivity index (χ0) is 17.9. The number of amides is 1. The van der Waals surface area contributed by atoms with Crippen molar-refractivity contribution < 1.29 is 27.8 Å². The molecule has 0 aliphatic heterocycles. The summed E-state index contributed by atoms with van der Waals surface area (Å²) in [4.78, 5) is 12.3. The van der Waals surface area contributed by atoms with Crippen molar-refractivity contribution in [3.05, 3.63) is 53.1 Å². The second-order valence-corrected chi connectivity index (χ2v) is 5.06. The molecule has 7 heteroatoms. The lowest BCUT2D eigenvalue weighted by molar-refractivity contribution is -0.138. The normalized spacial score (nSPS) is 11.2. The SMILES string of the molecule is CCOc1cccc(O)c1C(=O)Nc1ccc(C)c(C(F)(F)F)c1. The molecule has 1 amide bonds. The van der Waals surface area contributed by atoms with E-state index in [-0.39, 0.29) is 34.9 Å². The standard InChI is InChI=1S/C17H16F3NO3/c1-3-24-14-6-4-5-13(22)15(14)16(23)21-11-8-7-10(2)12(9-11)17(18,19)20/h4-9,22H,3H2,1-2H3,(H,21,23). The third kappa shape index (κ3) is 3.79. The Labute approximate surface area is 136 Å². The summed E-state index contributed by atoms with van der Waals surface area (Å²) in [5.74, 6) is -0.923. The van der Waals surface area contributed by atoms with Gasteiger partial charge in [0.05, 0.1) is 12.2 Å². The van der Waals surface area contributed by atoms with Gasteiger partial charge in [-0.3, -0.25) is 4.79 Å². The van der Waals surface area contributed by atoms with Crippen molar-refractivity contribution >= 4 is 11.6 Å². The molecule has 2 N–H and O–H groups in total. The lowest BCUT2D eigenvalue weighted by atomic mass is 10.1. The lowest BCUT2D eigenvalue weighted by Gasteiger charge is -2.14. The van der Waals surface area contributed by atoms with Gasteiger partial charge in [0.15, 0.2) is 0 Å². The number of hydrogen-bond acceptors (Lipinski definition) is 3. The molecule has 0 spiro atoms. The van der Waals surface area contributed by atoms with Crippen LogP contribution in [0.15, 0.2) is 36.4 Å². The Kier molecular flexibility index (Phi) is 5.02. The molecule has 0 radical (unpaired) electrons. The zero-order valence-corrected chi connectivity index (χ0v) is 13.1. The molecule has 0 aliphatic rings. The van der Waals surface area contributed by atoms with Gasteiger partial charge >= 0.3 is 6.18 Å². The maximum atomic E-state index is 12.9. The first-order valence-electron chi connectivity index (χ1n) is 7.18. The fraction of sp³-hybridized carbons (Fsp3) is 0.235. The molecule has 2 aromatic carbocycles. The number of aryl methyl sites for hydroxylation is 1. The molecule has 0 heterocycles. The number of anilines is 1. The van der Waals surface area contributed by atoms with E-state index in [0.29, 0.717) is 0 Å². The van der Waals surface area contributed by atoms with Crippen molar-refractivity contribution in [2.75, 3.05) is 11.9 Å². The van der Waals surface area contributed by atoms with Gasteiger partial charge in [-0.05, 0) is 43.7 Å². The van der Waals surface area contributed by atoms with E-state index in [1.54, 1.807) is 6.92 Å². The van der Waals surface area contributed by atoms with Crippen LogP contribution >= 0.6 is 0 Å². The number of ether oxygens (including phenoxy) is 1. The Morgan fingerprint density at radius 2 is 1.96 bits per heavy atom. The minimum absolute atomic E-state index is 0.0244. The Morgan fingerprint density at radius 1 is 1.25 bits per heavy atom. The van der Waals surface area contributed by atoms with E-state index >= 15 is 0 Å². The van der Waals surface area contributed by atoms with Crippen LogP contribution in [0.1, 0.15) is 28.4 Å². The fourth-order valence-corrected chi connectivity index (χ4v) is 2.22. The summed E-state index contributed by atoms with van der Waals surface area (Å²) in [7, 11) is 0. The zero-order valence-electron chi connectivity index (χ0n) is 13.1. The summed E-state index contributed by atoms with van der Waals surface area (Å²) in [5.41, 5.74) is -0.933. The van der Waals surface area contributed by atoms with Crippen molar-refractivity contribution in [3.8, 4) is 11.5 Å². The van der Waals surface area contributed by atoms with Crippen LogP contribution in [-0.4, -0.2) is 17.6 Å². The van der Waals surface area contributed by atoms with Crippen LogP contribution < -0.4 is 10.1 Å². The van der Waals surface area contributed by atoms with Crippen molar-refractivity contribution in [3.63, 3.8) is 0 Å². The molecular formula is C17H16F3NO3. The highest BCUT2D eigenvalue weighted by atomic mass is 19.4. The number of aromatic hydroxyl groups is 1. The molecule has 128 valence electrons. The topological polar surface area (TPSA) is 58.6 Å². The first kappa shape index (κ1) is 17.7. The number of benzene rings is 2. The smallest absolute Gasteiger partial charge is 0.416 e. The monoisotopic (exact) mass is 339 g/mol. The Hall–Kier alpha value is -2.70. The average Bonchev–Trinajstić information content (AvgIpc) is 2.48. The molecule has 0 saturated carbocycles. The predicted molar refractivity (Wildman–Crippen MR) is 83.4 cm³/mol. The van der Waals surface area contributed by atoms with E-state index in [9.17, 15) is 23.1 Å². The molecule has 0 saturated heterocycles. The molecule has 2 aromatic rings. The molecule has 0 aliphatic carbocycles. The summed E-state index contributed by atoms with van der Waals surface area (Å²) in [6.07, 6.45) is -4.52. The summed E-state index contributed by atoms with van der Waals surface area (Å²) in [5, 5.41) is 12.2. The molecule has 0 aromatic heterocycles. The van der Waals surface area contributed by atoms with Crippen LogP contribution in [-0.2, 0) is 6.18 Å². The van der Waals surface area contributed by atoms with Gasteiger partial charge in [-0.2, -0.15) is 13.2 Å². The van der Waals surface area contributed by atoms with Crippen LogP contribution in [0.3, 0.4) is 0 Å². The minimum atomic E-state index is -4.52. The van der Waals surface area contributed by atoms with Crippen molar-refractivity contribution in [1.29, 1.82) is 0 Å². The number of hydrogen-bond donors (Lipinski definition) is 2. The lowest BCUT2D eigenvalue weighted by Crippen LogP contribution is -2.15. The number of alkyl halides is 3. The van der Waals surface area contributed by atoms with E-state index in [1.807, 2.05) is 0 Å². The van der Waals surface area contributed by atoms with Crippen LogP contribution in [0.5, 0.6) is 11.5 Å². The number of carbonyl (C=O) groups excluding carboxylic acids is 1. The van der Waals surface area contributed by atoms with E-state index in [2.05, 4.69) is 5.32 Å². The molecule has 24 heavy (non-hydrogen) atoms. The summed E-state index contributed by atoms with van der Waals surface area (Å²) in [6.45, 7) is 3.32. The highest BCUT2D eigenvalue weighted by Gasteiger charge is 2.32. The second-order valence-electron chi connectivity index (χ2n) is 5.06. The largest absolute Gasteiger partial charge is 0.507 e. The van der Waals surface area contributed by atoms with Gasteiger partial charge in [-0.1, -0.05) is 12.1 Å². The van der Waals surface area contributed by atoms with E-state index in [0.717, 1.165) is 6.07 Å². The first-order chi connectivity index (χ1) is 11.2. The third-order valence-electron chi connectivity index (χ3n) is 3.33. The first-order valence-corrected chi connectivity index (χ1v) is 7.18. The second kappa shape index (κ2) is 6.82. The molecule has 2 rings (SSSR count). The summed E-state index contributed by atoms with van der Waals surface area (Å²) < 4.78 is 44.1. The number of carbonyl (C=O) groups is 1. The number of phenolic OH excluding ortho intramolecular Hbond substituents is 1. The predicted octanol–water partition coefficient (Wildman–Crippen LogP) is 4.37. The van der Waals surface area contributed by atoms with Crippen LogP contribution in [0, 0.1) is 6.92 Å². The van der Waals surface area contributed by atoms with Gasteiger partial charge < -0.3 is 15.2 Å². The maximum Gasteiger partial charge on any atom is 0.416 e. The highest BCUT2D eigenvalue weighted by molar-refractivity contribution is 6.08. The molecule has 0 bridgehead atoms. The number of halogens is 3. The van der Waals surface area contributed by atoms with Crippen molar-refractivity contribution in [2.24, 2.45) is 0 Å². The summed E-state index contributed by atoms with van der Waals surface area (Å²) in [6, 6.07) is 7.79. The van der Waals surface area contributed by atoms with E-state index in [4.69, 9.17) is 4.74 Å². The van der Waals surface area contributed by atoms with Crippen molar-refractivity contribution in [1.82, 2.24) is 0 Å². The Bertz CT molecular complexity index is 757. The maximum absolute atomic E-state index is 12.9. The average molecular weight is 339 g/mol. The quantitative estimate of drug-likeness (QED) is 0.869. The Morgan fingerprint density at radius 3 is 2.58 bits per heavy atom. The Balaban J connectivity index is 2.35. The van der Waals surface area contributed by atoms with Gasteiger partial charge in [0, 0.05) is 5.69 Å². The van der Waals surface area contributed by atoms with Crippen LogP contribution in [0.2, 0.25) is 0 Å². The van der Waals surface area contributed by atoms with Crippen molar-refractivity contribution in [2.45, 2.75) is 20.0 Å². The van der Waals surface area contributed by atoms with E-state index in [1.165, 1.54) is 37.3 Å². The minimum Gasteiger partial charge on any atom is -0.507 e. The number of rotatable bonds is 4. The number of nitrogens with one attached hydrogen (secondary N) is 1. The van der Waals surface area contributed by atoms with E-state index < -0.39 is 17.6 Å². The summed E-state index contributed by atoms with van der Waals surface area (Å²) >= 11 is 0. The molecule has 0 fully saturated rings. The highest BCUT2D eigenvalue weighted by Crippen LogP contribution is 2.34. The molecular weight excluding hydrogens is 323 g/mol. The van der Waals surface area contributed by atoms with Crippen LogP contribution in [0.4, 0.5) is 18.9 Å². The van der Waals surface area contributed by atoms with Gasteiger partial charge in [0.1, 0.15) is 17.1 Å². The molecule has 0 unspecified atom stereocenters.